The summed E-state index contributed by atoms with van der Waals surface area (Å²) in [6.07, 6.45) is 1.72. The standard InChI is InChI=1S/C18H16BrN3O2S/c1-3-24-18(23)16-10(2)22-17(25-16)11-8-12(15(20)13(19)9-11)14-6-4-5-7-21-14/h4-9H,3,20H2,1-2H3. The summed E-state index contributed by atoms with van der Waals surface area (Å²) in [5.74, 6) is -0.344. The fourth-order valence-electron chi connectivity index (χ4n) is 2.38. The predicted octanol–water partition coefficient (Wildman–Crippen LogP) is 4.70. The average Bonchev–Trinajstić information content (AvgIpc) is 3.00. The fourth-order valence-corrected chi connectivity index (χ4v) is 3.79. The van der Waals surface area contributed by atoms with Gasteiger partial charge >= 0.3 is 5.97 Å². The number of hydrogen-bond donors (Lipinski definition) is 1. The van der Waals surface area contributed by atoms with Crippen LogP contribution >= 0.6 is 27.3 Å². The Morgan fingerprint density at radius 2 is 2.16 bits per heavy atom. The smallest absolute Gasteiger partial charge is 0.350 e. The van der Waals surface area contributed by atoms with E-state index in [9.17, 15) is 4.79 Å². The van der Waals surface area contributed by atoms with Crippen molar-refractivity contribution in [2.24, 2.45) is 0 Å². The number of nitrogens with zero attached hydrogens (tertiary/aromatic N) is 2. The summed E-state index contributed by atoms with van der Waals surface area (Å²) >= 11 is 4.81. The lowest BCUT2D eigenvalue weighted by molar-refractivity contribution is 0.0531. The lowest BCUT2D eigenvalue weighted by Gasteiger charge is -2.09. The number of pyridine rings is 1. The minimum absolute atomic E-state index is 0.336. The van der Waals surface area contributed by atoms with Crippen LogP contribution in [-0.4, -0.2) is 22.5 Å². The van der Waals surface area contributed by atoms with Crippen LogP contribution in [0.3, 0.4) is 0 Å². The molecule has 0 saturated heterocycles. The largest absolute Gasteiger partial charge is 0.462 e. The molecule has 3 aromatic rings. The molecular weight excluding hydrogens is 402 g/mol. The Bertz CT molecular complexity index is 926. The van der Waals surface area contributed by atoms with Crippen molar-refractivity contribution in [2.45, 2.75) is 13.8 Å². The first-order valence-electron chi connectivity index (χ1n) is 7.66. The second kappa shape index (κ2) is 7.33. The number of nitrogen functional groups attached to an aromatic ring is 1. The zero-order chi connectivity index (χ0) is 18.0. The monoisotopic (exact) mass is 417 g/mol. The van der Waals surface area contributed by atoms with E-state index in [0.29, 0.717) is 22.9 Å². The van der Waals surface area contributed by atoms with Crippen LogP contribution in [0, 0.1) is 6.92 Å². The van der Waals surface area contributed by atoms with Gasteiger partial charge in [-0.15, -0.1) is 11.3 Å². The number of benzene rings is 1. The lowest BCUT2D eigenvalue weighted by Crippen LogP contribution is -2.03. The number of ether oxygens (including phenoxy) is 1. The Labute approximate surface area is 158 Å². The molecule has 25 heavy (non-hydrogen) atoms. The van der Waals surface area contributed by atoms with Gasteiger partial charge in [0.1, 0.15) is 9.88 Å². The zero-order valence-electron chi connectivity index (χ0n) is 13.7. The van der Waals surface area contributed by atoms with Gasteiger partial charge in [0.25, 0.3) is 0 Å². The number of halogens is 1. The summed E-state index contributed by atoms with van der Waals surface area (Å²) in [7, 11) is 0. The van der Waals surface area contributed by atoms with Crippen LogP contribution in [0.15, 0.2) is 41.0 Å². The third kappa shape index (κ3) is 3.57. The fraction of sp³-hybridized carbons (Fsp3) is 0.167. The third-order valence-electron chi connectivity index (χ3n) is 3.57. The van der Waals surface area contributed by atoms with Crippen LogP contribution in [0.4, 0.5) is 5.69 Å². The number of carbonyl (C=O) groups is 1. The molecule has 0 aliphatic heterocycles. The quantitative estimate of drug-likeness (QED) is 0.491. The van der Waals surface area contributed by atoms with Crippen molar-refractivity contribution in [3.05, 3.63) is 51.6 Å². The normalized spacial score (nSPS) is 10.7. The maximum absolute atomic E-state index is 12.0. The molecule has 0 amide bonds. The number of anilines is 1. The Morgan fingerprint density at radius 3 is 2.84 bits per heavy atom. The third-order valence-corrected chi connectivity index (χ3v) is 5.42. The molecule has 0 aliphatic carbocycles. The molecule has 0 unspecified atom stereocenters. The van der Waals surface area contributed by atoms with Crippen molar-refractivity contribution in [2.75, 3.05) is 12.3 Å². The number of nitrogens with two attached hydrogens (primary N) is 1. The molecule has 7 heteroatoms. The van der Waals surface area contributed by atoms with Gasteiger partial charge in [-0.2, -0.15) is 0 Å². The molecule has 0 fully saturated rings. The molecular formula is C18H16BrN3O2S. The van der Waals surface area contributed by atoms with Gasteiger partial charge in [0.15, 0.2) is 0 Å². The van der Waals surface area contributed by atoms with Gasteiger partial charge in [0.05, 0.1) is 23.7 Å². The second-order valence-corrected chi connectivity index (χ2v) is 7.14. The first-order chi connectivity index (χ1) is 12.0. The van der Waals surface area contributed by atoms with Crippen molar-refractivity contribution >= 4 is 38.9 Å². The predicted molar refractivity (Wildman–Crippen MR) is 104 cm³/mol. The maximum Gasteiger partial charge on any atom is 0.350 e. The zero-order valence-corrected chi connectivity index (χ0v) is 16.1. The summed E-state index contributed by atoms with van der Waals surface area (Å²) < 4.78 is 5.85. The molecule has 2 N–H and O–H groups in total. The van der Waals surface area contributed by atoms with E-state index >= 15 is 0 Å². The van der Waals surface area contributed by atoms with Crippen molar-refractivity contribution in [3.8, 4) is 21.8 Å². The second-order valence-electron chi connectivity index (χ2n) is 5.29. The minimum atomic E-state index is -0.344. The van der Waals surface area contributed by atoms with E-state index in [-0.39, 0.29) is 5.97 Å². The van der Waals surface area contributed by atoms with Crippen LogP contribution in [0.25, 0.3) is 21.8 Å². The summed E-state index contributed by atoms with van der Waals surface area (Å²) in [6.45, 7) is 3.92. The van der Waals surface area contributed by atoms with Gasteiger partial charge in [-0.3, -0.25) is 4.98 Å². The molecule has 0 atom stereocenters. The van der Waals surface area contributed by atoms with Crippen molar-refractivity contribution < 1.29 is 9.53 Å². The molecule has 0 aliphatic rings. The van der Waals surface area contributed by atoms with Crippen LogP contribution in [-0.2, 0) is 4.74 Å². The van der Waals surface area contributed by atoms with E-state index in [0.717, 1.165) is 26.3 Å². The van der Waals surface area contributed by atoms with Gasteiger partial charge in [-0.1, -0.05) is 6.07 Å². The Balaban J connectivity index is 2.09. The molecule has 0 bridgehead atoms. The summed E-state index contributed by atoms with van der Waals surface area (Å²) in [6, 6.07) is 9.51. The van der Waals surface area contributed by atoms with E-state index in [1.54, 1.807) is 20.0 Å². The van der Waals surface area contributed by atoms with Crippen LogP contribution in [0.1, 0.15) is 22.3 Å². The van der Waals surface area contributed by atoms with Crippen LogP contribution in [0.2, 0.25) is 0 Å². The van der Waals surface area contributed by atoms with E-state index in [1.807, 2.05) is 30.3 Å². The highest BCUT2D eigenvalue weighted by Crippen LogP contribution is 2.38. The average molecular weight is 418 g/mol. The number of rotatable bonds is 4. The first-order valence-corrected chi connectivity index (χ1v) is 9.27. The van der Waals surface area contributed by atoms with E-state index in [2.05, 4.69) is 25.9 Å². The van der Waals surface area contributed by atoms with E-state index < -0.39 is 0 Å². The molecule has 3 rings (SSSR count). The highest BCUT2D eigenvalue weighted by Gasteiger charge is 2.19. The summed E-state index contributed by atoms with van der Waals surface area (Å²) in [5, 5.41) is 0.735. The van der Waals surface area contributed by atoms with E-state index in [1.165, 1.54) is 11.3 Å². The van der Waals surface area contributed by atoms with Crippen molar-refractivity contribution in [3.63, 3.8) is 0 Å². The first kappa shape index (κ1) is 17.6. The number of thiazole rings is 1. The molecule has 2 aromatic heterocycles. The number of esters is 1. The van der Waals surface area contributed by atoms with Gasteiger partial charge in [-0.25, -0.2) is 9.78 Å². The molecule has 0 radical (unpaired) electrons. The van der Waals surface area contributed by atoms with Gasteiger partial charge in [0, 0.05) is 21.8 Å². The number of hydrogen-bond acceptors (Lipinski definition) is 6. The van der Waals surface area contributed by atoms with Gasteiger partial charge in [0.2, 0.25) is 0 Å². The van der Waals surface area contributed by atoms with Gasteiger partial charge < -0.3 is 10.5 Å². The highest BCUT2D eigenvalue weighted by atomic mass is 79.9. The van der Waals surface area contributed by atoms with E-state index in [4.69, 9.17) is 10.5 Å². The van der Waals surface area contributed by atoms with Crippen molar-refractivity contribution in [1.29, 1.82) is 0 Å². The Morgan fingerprint density at radius 1 is 1.36 bits per heavy atom. The number of carbonyl (C=O) groups excluding carboxylic acids is 1. The minimum Gasteiger partial charge on any atom is -0.462 e. The summed E-state index contributed by atoms with van der Waals surface area (Å²) in [5.41, 5.74) is 9.94. The number of aryl methyl sites for hydroxylation is 1. The van der Waals surface area contributed by atoms with Crippen molar-refractivity contribution in [1.82, 2.24) is 9.97 Å². The Hall–Kier alpha value is -2.25. The SMILES string of the molecule is CCOC(=O)c1sc(-c2cc(Br)c(N)c(-c3ccccn3)c2)nc1C. The van der Waals surface area contributed by atoms with Gasteiger partial charge in [-0.05, 0) is 54.0 Å². The molecule has 5 nitrogen and oxygen atoms in total. The maximum atomic E-state index is 12.0. The molecule has 1 aromatic carbocycles. The van der Waals surface area contributed by atoms with Crippen LogP contribution < -0.4 is 5.73 Å². The Kier molecular flexibility index (Phi) is 5.15. The van der Waals surface area contributed by atoms with Crippen LogP contribution in [0.5, 0.6) is 0 Å². The molecule has 128 valence electrons. The molecule has 0 saturated carbocycles. The molecule has 2 heterocycles. The molecule has 0 spiro atoms. The number of aromatic nitrogens is 2. The lowest BCUT2D eigenvalue weighted by atomic mass is 10.1. The summed E-state index contributed by atoms with van der Waals surface area (Å²) in [4.78, 5) is 21.4. The highest BCUT2D eigenvalue weighted by molar-refractivity contribution is 9.10. The topological polar surface area (TPSA) is 78.1 Å².